The third-order valence-electron chi connectivity index (χ3n) is 17.5. The van der Waals surface area contributed by atoms with Crippen LogP contribution in [-0.2, 0) is 0 Å². The molecule has 0 N–H and O–H groups in total. The first-order valence-electron chi connectivity index (χ1n) is 30.2. The fraction of sp³-hybridized carbons (Fsp3) is 0. The SMILES string of the molecule is c1ccc(-c2nc3ccc4ccc(N(c5ccccc5)c5ccc(-c6cc(-c7ccc(-c8nc9c(ccc%10ccc(N(c%11ccccc%11)c%11ccc(-c%12cccc%13c%12sc%12ccccc%12%13)cc%11)cc%109)o8)cc7)cc7oc8ccccc8c67)cc5)cc4c3o2)cc1. The molecule has 0 aliphatic carbocycles. The third kappa shape index (κ3) is 8.72. The van der Waals surface area contributed by atoms with E-state index < -0.39 is 0 Å². The smallest absolute Gasteiger partial charge is 0.227 e. The number of nitrogens with zero attached hydrogens (tertiary/aromatic N) is 4. The van der Waals surface area contributed by atoms with Crippen LogP contribution in [-0.4, -0.2) is 9.97 Å². The Morgan fingerprint density at radius 2 is 0.822 bits per heavy atom. The number of hydrogen-bond donors (Lipinski definition) is 0. The molecule has 0 unspecified atom stereocenters. The second-order valence-corrected chi connectivity index (χ2v) is 23.9. The molecular formula is C82H50N4O3S. The molecule has 0 saturated heterocycles. The van der Waals surface area contributed by atoms with Gasteiger partial charge in [0.05, 0.1) is 0 Å². The lowest BCUT2D eigenvalue weighted by molar-refractivity contribution is 0.620. The maximum atomic E-state index is 6.68. The van der Waals surface area contributed by atoms with Crippen LogP contribution < -0.4 is 9.80 Å². The molecule has 0 atom stereocenters. The number of benzene rings is 14. The van der Waals surface area contributed by atoms with Gasteiger partial charge in [-0.3, -0.25) is 0 Å². The van der Waals surface area contributed by atoms with E-state index >= 15 is 0 Å². The van der Waals surface area contributed by atoms with Gasteiger partial charge in [-0.25, -0.2) is 9.97 Å². The Bertz CT molecular complexity index is 5780. The molecule has 422 valence electrons. The zero-order valence-electron chi connectivity index (χ0n) is 48.3. The van der Waals surface area contributed by atoms with Crippen LogP contribution in [0, 0.1) is 0 Å². The van der Waals surface area contributed by atoms with Crippen LogP contribution in [0.2, 0.25) is 0 Å². The van der Waals surface area contributed by atoms with Crippen LogP contribution in [0.15, 0.2) is 317 Å². The van der Waals surface area contributed by atoms with Crippen molar-refractivity contribution in [3.05, 3.63) is 303 Å². The molecule has 8 heteroatoms. The molecule has 0 saturated carbocycles. The number of thiophene rings is 1. The summed E-state index contributed by atoms with van der Waals surface area (Å²) < 4.78 is 22.5. The lowest BCUT2D eigenvalue weighted by Crippen LogP contribution is -2.09. The zero-order valence-corrected chi connectivity index (χ0v) is 49.1. The Morgan fingerprint density at radius 1 is 0.289 bits per heavy atom. The summed E-state index contributed by atoms with van der Waals surface area (Å²) in [6, 6.07) is 107. The normalized spacial score (nSPS) is 11.8. The van der Waals surface area contributed by atoms with E-state index in [2.05, 4.69) is 259 Å². The number of furan rings is 1. The van der Waals surface area contributed by atoms with Crippen molar-refractivity contribution in [1.29, 1.82) is 0 Å². The number of para-hydroxylation sites is 3. The van der Waals surface area contributed by atoms with Gasteiger partial charge in [0.15, 0.2) is 11.2 Å². The second kappa shape index (κ2) is 21.0. The van der Waals surface area contributed by atoms with E-state index in [1.807, 2.05) is 65.9 Å². The molecule has 4 heterocycles. The number of aromatic nitrogens is 2. The first kappa shape index (κ1) is 51.4. The summed E-state index contributed by atoms with van der Waals surface area (Å²) in [6.45, 7) is 0. The average Bonchev–Trinajstić information content (AvgIpc) is 1.77. The maximum absolute atomic E-state index is 6.68. The van der Waals surface area contributed by atoms with Crippen molar-refractivity contribution in [3.8, 4) is 56.3 Å². The molecule has 18 aromatic rings. The molecule has 0 spiro atoms. The first-order valence-corrected chi connectivity index (χ1v) is 31.0. The monoisotopic (exact) mass is 1170 g/mol. The summed E-state index contributed by atoms with van der Waals surface area (Å²) in [7, 11) is 0. The first-order chi connectivity index (χ1) is 44.6. The summed E-state index contributed by atoms with van der Waals surface area (Å²) in [5, 5.41) is 8.91. The van der Waals surface area contributed by atoms with E-state index in [4.69, 9.17) is 23.2 Å². The highest BCUT2D eigenvalue weighted by Crippen LogP contribution is 2.46. The van der Waals surface area contributed by atoms with Crippen LogP contribution in [0.3, 0.4) is 0 Å². The number of hydrogen-bond acceptors (Lipinski definition) is 8. The molecule has 14 aromatic carbocycles. The minimum absolute atomic E-state index is 0.559. The number of anilines is 6. The molecule has 0 fully saturated rings. The summed E-state index contributed by atoms with van der Waals surface area (Å²) in [5.41, 5.74) is 19.5. The molecule has 4 aromatic heterocycles. The van der Waals surface area contributed by atoms with E-state index in [1.165, 1.54) is 31.3 Å². The standard InChI is InChI=1S/C82H50N4O3S/c1-4-15-56(16-5-1)81-83-72-45-37-55-36-44-64(50-71(55)79(72)89-81)86(60-19-8-3-9-20-60)62-41-33-53(34-42-62)69-47-58(48-75-77(69)68-22-10-12-25-73(68)87-75)51-27-29-57(30-28-51)82-84-78-70-49-63(43-35-54(70)38-46-74(78)88-82)85(59-17-6-2-7-18-59)61-39-31-52(32-40-61)65-23-14-24-67-66-21-11-13-26-76(66)90-80(65)67/h1-50H. The minimum Gasteiger partial charge on any atom is -0.456 e. The molecule has 7 nitrogen and oxygen atoms in total. The number of oxazole rings is 2. The number of fused-ring (bicyclic) bond motifs is 12. The van der Waals surface area contributed by atoms with Crippen LogP contribution in [0.25, 0.3) is 142 Å². The Labute approximate surface area is 520 Å². The predicted molar refractivity (Wildman–Crippen MR) is 373 cm³/mol. The summed E-state index contributed by atoms with van der Waals surface area (Å²) >= 11 is 1.86. The van der Waals surface area contributed by atoms with E-state index in [1.54, 1.807) is 0 Å². The molecule has 0 aliphatic rings. The molecule has 0 radical (unpaired) electrons. The van der Waals surface area contributed by atoms with Gasteiger partial charge < -0.3 is 23.1 Å². The van der Waals surface area contributed by atoms with Crippen molar-refractivity contribution in [2.24, 2.45) is 0 Å². The van der Waals surface area contributed by atoms with Gasteiger partial charge >= 0.3 is 0 Å². The van der Waals surface area contributed by atoms with Gasteiger partial charge in [-0.05, 0) is 178 Å². The maximum Gasteiger partial charge on any atom is 0.227 e. The highest BCUT2D eigenvalue weighted by atomic mass is 32.1. The highest BCUT2D eigenvalue weighted by Gasteiger charge is 2.22. The van der Waals surface area contributed by atoms with Crippen molar-refractivity contribution in [1.82, 2.24) is 9.97 Å². The third-order valence-corrected chi connectivity index (χ3v) is 18.7. The Morgan fingerprint density at radius 3 is 1.54 bits per heavy atom. The fourth-order valence-corrected chi connectivity index (χ4v) is 14.4. The van der Waals surface area contributed by atoms with E-state index in [0.29, 0.717) is 11.8 Å². The zero-order chi connectivity index (χ0) is 59.2. The average molecular weight is 1170 g/mol. The quantitative estimate of drug-likeness (QED) is 0.128. The Hall–Kier alpha value is -11.8. The summed E-state index contributed by atoms with van der Waals surface area (Å²) in [6.07, 6.45) is 0. The van der Waals surface area contributed by atoms with E-state index in [0.717, 1.165) is 133 Å². The molecule has 90 heavy (non-hydrogen) atoms. The minimum atomic E-state index is 0.559. The molecule has 0 aliphatic heterocycles. The van der Waals surface area contributed by atoms with Crippen molar-refractivity contribution < 1.29 is 13.3 Å². The van der Waals surface area contributed by atoms with Crippen LogP contribution in [0.4, 0.5) is 34.1 Å². The second-order valence-electron chi connectivity index (χ2n) is 22.8. The van der Waals surface area contributed by atoms with Crippen LogP contribution >= 0.6 is 11.3 Å². The molecule has 18 rings (SSSR count). The molecule has 0 amide bonds. The number of rotatable bonds is 11. The van der Waals surface area contributed by atoms with E-state index in [-0.39, 0.29) is 0 Å². The fourth-order valence-electron chi connectivity index (χ4n) is 13.2. The van der Waals surface area contributed by atoms with Gasteiger partial charge in [0.1, 0.15) is 22.2 Å². The van der Waals surface area contributed by atoms with Crippen molar-refractivity contribution in [2.45, 2.75) is 0 Å². The van der Waals surface area contributed by atoms with Gasteiger partial charge in [0, 0.05) is 87.0 Å². The van der Waals surface area contributed by atoms with Gasteiger partial charge in [-0.2, -0.15) is 0 Å². The Balaban J connectivity index is 0.675. The predicted octanol–water partition coefficient (Wildman–Crippen LogP) is 23.8. The van der Waals surface area contributed by atoms with Crippen molar-refractivity contribution >= 4 is 131 Å². The summed E-state index contributed by atoms with van der Waals surface area (Å²) in [5.74, 6) is 1.16. The van der Waals surface area contributed by atoms with Gasteiger partial charge in [-0.15, -0.1) is 11.3 Å². The van der Waals surface area contributed by atoms with Gasteiger partial charge in [-0.1, -0.05) is 170 Å². The lowest BCUT2D eigenvalue weighted by Gasteiger charge is -2.26. The summed E-state index contributed by atoms with van der Waals surface area (Å²) in [4.78, 5) is 14.8. The molecular weight excluding hydrogens is 1120 g/mol. The van der Waals surface area contributed by atoms with Crippen LogP contribution in [0.1, 0.15) is 0 Å². The highest BCUT2D eigenvalue weighted by molar-refractivity contribution is 7.26. The topological polar surface area (TPSA) is 71.7 Å². The van der Waals surface area contributed by atoms with Gasteiger partial charge in [0.2, 0.25) is 11.8 Å². The Kier molecular flexibility index (Phi) is 12.0. The largest absolute Gasteiger partial charge is 0.456 e. The lowest BCUT2D eigenvalue weighted by atomic mass is 9.94. The van der Waals surface area contributed by atoms with Crippen molar-refractivity contribution in [2.75, 3.05) is 9.80 Å². The van der Waals surface area contributed by atoms with E-state index in [9.17, 15) is 0 Å². The van der Waals surface area contributed by atoms with Gasteiger partial charge in [0.25, 0.3) is 0 Å². The van der Waals surface area contributed by atoms with Crippen LogP contribution in [0.5, 0.6) is 0 Å². The molecule has 0 bridgehead atoms. The van der Waals surface area contributed by atoms with Crippen molar-refractivity contribution in [3.63, 3.8) is 0 Å².